The molecule has 3 nitrogen and oxygen atoms in total. The molecule has 1 amide bonds. The van der Waals surface area contributed by atoms with Crippen LogP contribution in [-0.2, 0) is 4.79 Å². The van der Waals surface area contributed by atoms with E-state index in [-0.39, 0.29) is 5.91 Å². The van der Waals surface area contributed by atoms with Gasteiger partial charge in [-0.2, -0.15) is 0 Å². The van der Waals surface area contributed by atoms with Crippen LogP contribution in [0.3, 0.4) is 0 Å². The zero-order valence-electron chi connectivity index (χ0n) is 13.7. The van der Waals surface area contributed by atoms with Gasteiger partial charge in [0, 0.05) is 16.0 Å². The standard InChI is InChI=1S/C20H19NO2S/c1-14(23-16-10-12-17(24-2)13-11-16)20(22)21-19-9-5-7-15-6-3-4-8-18(15)19/h3-14H,1-2H3,(H,21,22). The summed E-state index contributed by atoms with van der Waals surface area (Å²) in [4.78, 5) is 13.6. The normalized spacial score (nSPS) is 11.9. The fourth-order valence-corrected chi connectivity index (χ4v) is 2.89. The summed E-state index contributed by atoms with van der Waals surface area (Å²) in [5.41, 5.74) is 0.797. The van der Waals surface area contributed by atoms with E-state index < -0.39 is 6.10 Å². The van der Waals surface area contributed by atoms with E-state index in [4.69, 9.17) is 4.74 Å². The topological polar surface area (TPSA) is 38.3 Å². The van der Waals surface area contributed by atoms with Gasteiger partial charge in [0.2, 0.25) is 0 Å². The van der Waals surface area contributed by atoms with Gasteiger partial charge in [-0.05, 0) is 48.9 Å². The molecule has 24 heavy (non-hydrogen) atoms. The summed E-state index contributed by atoms with van der Waals surface area (Å²) in [6.07, 6.45) is 1.44. The largest absolute Gasteiger partial charge is 0.481 e. The molecule has 0 fully saturated rings. The number of amides is 1. The van der Waals surface area contributed by atoms with Crippen LogP contribution in [0.4, 0.5) is 5.69 Å². The average molecular weight is 337 g/mol. The van der Waals surface area contributed by atoms with E-state index in [1.54, 1.807) is 18.7 Å². The molecule has 1 unspecified atom stereocenters. The molecule has 0 spiro atoms. The number of carbonyl (C=O) groups is 1. The lowest BCUT2D eigenvalue weighted by atomic mass is 10.1. The summed E-state index contributed by atoms with van der Waals surface area (Å²) in [5, 5.41) is 5.07. The van der Waals surface area contributed by atoms with Crippen molar-refractivity contribution in [3.8, 4) is 5.75 Å². The average Bonchev–Trinajstić information content (AvgIpc) is 2.62. The molecule has 3 aromatic rings. The first-order chi connectivity index (χ1) is 11.7. The second kappa shape index (κ2) is 7.41. The van der Waals surface area contributed by atoms with Crippen molar-refractivity contribution in [2.75, 3.05) is 11.6 Å². The van der Waals surface area contributed by atoms with Gasteiger partial charge in [0.15, 0.2) is 6.10 Å². The van der Waals surface area contributed by atoms with Gasteiger partial charge in [-0.15, -0.1) is 11.8 Å². The molecule has 3 aromatic carbocycles. The van der Waals surface area contributed by atoms with Gasteiger partial charge in [0.25, 0.3) is 5.91 Å². The Balaban J connectivity index is 1.71. The molecule has 1 N–H and O–H groups in total. The van der Waals surface area contributed by atoms with Gasteiger partial charge >= 0.3 is 0 Å². The van der Waals surface area contributed by atoms with E-state index in [1.165, 1.54) is 0 Å². The van der Waals surface area contributed by atoms with Gasteiger partial charge < -0.3 is 10.1 Å². The highest BCUT2D eigenvalue weighted by Gasteiger charge is 2.15. The number of carbonyl (C=O) groups excluding carboxylic acids is 1. The van der Waals surface area contributed by atoms with Crippen molar-refractivity contribution in [3.05, 3.63) is 66.7 Å². The van der Waals surface area contributed by atoms with Crippen molar-refractivity contribution >= 4 is 34.1 Å². The number of rotatable bonds is 5. The van der Waals surface area contributed by atoms with Crippen molar-refractivity contribution in [2.45, 2.75) is 17.9 Å². The third-order valence-corrected chi connectivity index (χ3v) is 4.53. The molecule has 0 saturated carbocycles. The van der Waals surface area contributed by atoms with E-state index in [0.29, 0.717) is 5.75 Å². The van der Waals surface area contributed by atoms with Crippen molar-refractivity contribution in [1.82, 2.24) is 0 Å². The maximum Gasteiger partial charge on any atom is 0.265 e. The highest BCUT2D eigenvalue weighted by molar-refractivity contribution is 7.98. The van der Waals surface area contributed by atoms with E-state index >= 15 is 0 Å². The van der Waals surface area contributed by atoms with E-state index in [0.717, 1.165) is 21.4 Å². The van der Waals surface area contributed by atoms with Gasteiger partial charge in [-0.1, -0.05) is 36.4 Å². The minimum absolute atomic E-state index is 0.166. The first kappa shape index (κ1) is 16.4. The molecule has 0 aliphatic rings. The molecule has 0 saturated heterocycles. The molecule has 0 bridgehead atoms. The molecular weight excluding hydrogens is 318 g/mol. The van der Waals surface area contributed by atoms with Crippen LogP contribution >= 0.6 is 11.8 Å². The van der Waals surface area contributed by atoms with Crippen LogP contribution in [0.1, 0.15) is 6.92 Å². The van der Waals surface area contributed by atoms with E-state index in [9.17, 15) is 4.79 Å². The SMILES string of the molecule is CSc1ccc(OC(C)C(=O)Nc2cccc3ccccc23)cc1. The summed E-state index contributed by atoms with van der Waals surface area (Å²) in [6, 6.07) is 21.6. The van der Waals surface area contributed by atoms with Gasteiger partial charge in [-0.3, -0.25) is 4.79 Å². The molecule has 0 heterocycles. The van der Waals surface area contributed by atoms with Crippen LogP contribution in [0.5, 0.6) is 5.75 Å². The highest BCUT2D eigenvalue weighted by atomic mass is 32.2. The van der Waals surface area contributed by atoms with Crippen molar-refractivity contribution in [2.24, 2.45) is 0 Å². The number of anilines is 1. The Morgan fingerprint density at radius 2 is 1.71 bits per heavy atom. The Bertz CT molecular complexity index is 840. The molecular formula is C20H19NO2S. The highest BCUT2D eigenvalue weighted by Crippen LogP contribution is 2.24. The Morgan fingerprint density at radius 1 is 1.00 bits per heavy atom. The Kier molecular flexibility index (Phi) is 5.06. The van der Waals surface area contributed by atoms with Gasteiger partial charge in [0.1, 0.15) is 5.75 Å². The van der Waals surface area contributed by atoms with Crippen molar-refractivity contribution < 1.29 is 9.53 Å². The third kappa shape index (κ3) is 3.71. The van der Waals surface area contributed by atoms with Crippen molar-refractivity contribution in [3.63, 3.8) is 0 Å². The number of benzene rings is 3. The fourth-order valence-electron chi connectivity index (χ4n) is 2.48. The second-order valence-corrected chi connectivity index (χ2v) is 6.33. The Labute approximate surface area is 146 Å². The lowest BCUT2D eigenvalue weighted by Crippen LogP contribution is -2.30. The molecule has 0 aliphatic heterocycles. The second-order valence-electron chi connectivity index (χ2n) is 5.45. The molecule has 0 aromatic heterocycles. The third-order valence-electron chi connectivity index (χ3n) is 3.79. The van der Waals surface area contributed by atoms with Gasteiger partial charge in [0.05, 0.1) is 0 Å². The van der Waals surface area contributed by atoms with Crippen LogP contribution in [0.15, 0.2) is 71.6 Å². The maximum absolute atomic E-state index is 12.4. The number of hydrogen-bond acceptors (Lipinski definition) is 3. The van der Waals surface area contributed by atoms with Crippen LogP contribution in [0.2, 0.25) is 0 Å². The summed E-state index contributed by atoms with van der Waals surface area (Å²) in [7, 11) is 0. The summed E-state index contributed by atoms with van der Waals surface area (Å²) in [6.45, 7) is 1.75. The monoisotopic (exact) mass is 337 g/mol. The number of ether oxygens (including phenoxy) is 1. The summed E-state index contributed by atoms with van der Waals surface area (Å²) in [5.74, 6) is 0.522. The summed E-state index contributed by atoms with van der Waals surface area (Å²) >= 11 is 1.67. The molecule has 122 valence electrons. The first-order valence-electron chi connectivity index (χ1n) is 7.77. The number of fused-ring (bicyclic) bond motifs is 1. The Hall–Kier alpha value is -2.46. The lowest BCUT2D eigenvalue weighted by Gasteiger charge is -2.16. The van der Waals surface area contributed by atoms with E-state index in [2.05, 4.69) is 5.32 Å². The Morgan fingerprint density at radius 3 is 2.46 bits per heavy atom. The predicted molar refractivity (Wildman–Crippen MR) is 101 cm³/mol. The smallest absolute Gasteiger partial charge is 0.265 e. The predicted octanol–water partition coefficient (Wildman–Crippen LogP) is 4.97. The number of thioether (sulfide) groups is 1. The molecule has 1 atom stereocenters. The number of hydrogen-bond donors (Lipinski definition) is 1. The van der Waals surface area contributed by atoms with Crippen LogP contribution < -0.4 is 10.1 Å². The minimum atomic E-state index is -0.580. The molecule has 3 rings (SSSR count). The van der Waals surface area contributed by atoms with E-state index in [1.807, 2.05) is 73.0 Å². The van der Waals surface area contributed by atoms with Gasteiger partial charge in [-0.25, -0.2) is 0 Å². The van der Waals surface area contributed by atoms with Crippen LogP contribution in [0.25, 0.3) is 10.8 Å². The molecule has 0 radical (unpaired) electrons. The zero-order valence-corrected chi connectivity index (χ0v) is 14.5. The molecule has 0 aliphatic carbocycles. The first-order valence-corrected chi connectivity index (χ1v) is 8.99. The van der Waals surface area contributed by atoms with Crippen molar-refractivity contribution in [1.29, 1.82) is 0 Å². The lowest BCUT2D eigenvalue weighted by molar-refractivity contribution is -0.122. The number of nitrogens with one attached hydrogen (secondary N) is 1. The van der Waals surface area contributed by atoms with Crippen LogP contribution in [-0.4, -0.2) is 18.3 Å². The minimum Gasteiger partial charge on any atom is -0.481 e. The zero-order chi connectivity index (χ0) is 16.9. The fraction of sp³-hybridized carbons (Fsp3) is 0.150. The molecule has 4 heteroatoms. The van der Waals surface area contributed by atoms with Crippen LogP contribution in [0, 0.1) is 0 Å². The summed E-state index contributed by atoms with van der Waals surface area (Å²) < 4.78 is 5.74. The quantitative estimate of drug-likeness (QED) is 0.668. The maximum atomic E-state index is 12.4.